The molecule has 4 rings (SSSR count). The predicted molar refractivity (Wildman–Crippen MR) is 134 cm³/mol. The molecule has 0 bridgehead atoms. The van der Waals surface area contributed by atoms with E-state index in [9.17, 15) is 13.5 Å². The first-order valence-electron chi connectivity index (χ1n) is 11.8. The van der Waals surface area contributed by atoms with Crippen molar-refractivity contribution in [2.75, 3.05) is 24.7 Å². The summed E-state index contributed by atoms with van der Waals surface area (Å²) >= 11 is 0. The predicted octanol–water partition coefficient (Wildman–Crippen LogP) is 3.45. The molecule has 9 nitrogen and oxygen atoms in total. The number of halogens is 1. The number of aromatic nitrogens is 4. The molecule has 2 N–H and O–H groups in total. The van der Waals surface area contributed by atoms with Gasteiger partial charge in [0.2, 0.25) is 16.0 Å². The molecule has 3 heterocycles. The molecule has 2 aromatic heterocycles. The first kappa shape index (κ1) is 25.5. The molecule has 2 unspecified atom stereocenters. The van der Waals surface area contributed by atoms with E-state index in [0.717, 1.165) is 17.6 Å². The SMILES string of the molecule is Cc1nc2c(F)cc(-c3nc(NC4CCN(S(C)(=O)=O)CC4O)ncc3C(C)C)cc2n1C(C)C. The number of hydrogen-bond acceptors (Lipinski definition) is 7. The second-order valence-electron chi connectivity index (χ2n) is 9.83. The highest BCUT2D eigenvalue weighted by molar-refractivity contribution is 7.88. The lowest BCUT2D eigenvalue weighted by Gasteiger charge is -2.34. The van der Waals surface area contributed by atoms with Crippen molar-refractivity contribution >= 4 is 27.0 Å². The Morgan fingerprint density at radius 2 is 1.91 bits per heavy atom. The fraction of sp³-hybridized carbons (Fsp3) is 0.542. The van der Waals surface area contributed by atoms with Gasteiger partial charge in [-0.3, -0.25) is 0 Å². The smallest absolute Gasteiger partial charge is 0.223 e. The molecule has 0 aliphatic carbocycles. The summed E-state index contributed by atoms with van der Waals surface area (Å²) in [6, 6.07) is 3.07. The van der Waals surface area contributed by atoms with Crippen molar-refractivity contribution in [1.29, 1.82) is 0 Å². The van der Waals surface area contributed by atoms with E-state index in [-0.39, 0.29) is 18.5 Å². The van der Waals surface area contributed by atoms with Crippen molar-refractivity contribution in [3.05, 3.63) is 35.5 Å². The van der Waals surface area contributed by atoms with Gasteiger partial charge in [-0.05, 0) is 50.8 Å². The van der Waals surface area contributed by atoms with Gasteiger partial charge in [-0.2, -0.15) is 4.31 Å². The minimum atomic E-state index is -3.37. The third-order valence-electron chi connectivity index (χ3n) is 6.48. The monoisotopic (exact) mass is 504 g/mol. The minimum Gasteiger partial charge on any atom is -0.390 e. The Hall–Kier alpha value is -2.63. The van der Waals surface area contributed by atoms with E-state index in [4.69, 9.17) is 4.98 Å². The van der Waals surface area contributed by atoms with Gasteiger partial charge < -0.3 is 15.0 Å². The number of sulfonamides is 1. The summed E-state index contributed by atoms with van der Waals surface area (Å²) in [7, 11) is -3.37. The number of β-amino-alcohol motifs (C(OH)–C–C–N with tert-alkyl or cyclic N) is 1. The van der Waals surface area contributed by atoms with Crippen LogP contribution in [0.1, 0.15) is 57.5 Å². The molecule has 0 radical (unpaired) electrons. The van der Waals surface area contributed by atoms with Crippen LogP contribution >= 0.6 is 0 Å². The highest BCUT2D eigenvalue weighted by Crippen LogP contribution is 2.33. The van der Waals surface area contributed by atoms with Gasteiger partial charge in [0.25, 0.3) is 0 Å². The number of piperidine rings is 1. The number of aryl methyl sites for hydroxylation is 1. The summed E-state index contributed by atoms with van der Waals surface area (Å²) in [5.41, 5.74) is 3.14. The zero-order valence-corrected chi connectivity index (χ0v) is 21.8. The summed E-state index contributed by atoms with van der Waals surface area (Å²) < 4.78 is 42.1. The van der Waals surface area contributed by atoms with Gasteiger partial charge in [-0.1, -0.05) is 13.8 Å². The van der Waals surface area contributed by atoms with Crippen molar-refractivity contribution < 1.29 is 17.9 Å². The van der Waals surface area contributed by atoms with Crippen LogP contribution in [0.4, 0.5) is 10.3 Å². The molecule has 190 valence electrons. The van der Waals surface area contributed by atoms with E-state index >= 15 is 4.39 Å². The zero-order chi connectivity index (χ0) is 25.7. The lowest BCUT2D eigenvalue weighted by Crippen LogP contribution is -2.51. The summed E-state index contributed by atoms with van der Waals surface area (Å²) in [5, 5.41) is 13.7. The van der Waals surface area contributed by atoms with Crippen LogP contribution in [-0.2, 0) is 10.0 Å². The average Bonchev–Trinajstić information content (AvgIpc) is 3.10. The largest absolute Gasteiger partial charge is 0.390 e. The van der Waals surface area contributed by atoms with Crippen molar-refractivity contribution in [2.45, 2.75) is 65.1 Å². The molecule has 1 aliphatic rings. The third-order valence-corrected chi connectivity index (χ3v) is 7.75. The molecule has 1 aromatic carbocycles. The van der Waals surface area contributed by atoms with Gasteiger partial charge in [-0.25, -0.2) is 27.8 Å². The lowest BCUT2D eigenvalue weighted by molar-refractivity contribution is 0.0950. The quantitative estimate of drug-likeness (QED) is 0.529. The first-order valence-corrected chi connectivity index (χ1v) is 13.7. The fourth-order valence-corrected chi connectivity index (χ4v) is 5.57. The molecule has 3 aromatic rings. The van der Waals surface area contributed by atoms with Gasteiger partial charge >= 0.3 is 0 Å². The lowest BCUT2D eigenvalue weighted by atomic mass is 9.98. The van der Waals surface area contributed by atoms with Crippen LogP contribution in [0.3, 0.4) is 0 Å². The van der Waals surface area contributed by atoms with E-state index < -0.39 is 28.0 Å². The maximum atomic E-state index is 15.2. The van der Waals surface area contributed by atoms with E-state index in [1.54, 1.807) is 6.20 Å². The first-order chi connectivity index (χ1) is 16.4. The van der Waals surface area contributed by atoms with E-state index in [2.05, 4.69) is 15.3 Å². The number of fused-ring (bicyclic) bond motifs is 1. The Morgan fingerprint density at radius 1 is 1.20 bits per heavy atom. The number of aliphatic hydroxyl groups is 1. The summed E-state index contributed by atoms with van der Waals surface area (Å²) in [4.78, 5) is 13.6. The van der Waals surface area contributed by atoms with E-state index in [1.165, 1.54) is 10.4 Å². The standard InChI is InChI=1S/C24H33FN6O3S/c1-13(2)17-11-26-24(28-19-7-8-30(12-21(19)32)35(6,33)34)29-22(17)16-9-18(25)23-20(10-16)31(14(3)4)15(5)27-23/h9-11,13-14,19,21,32H,7-8,12H2,1-6H3,(H,26,28,29). The van der Waals surface area contributed by atoms with Crippen LogP contribution < -0.4 is 5.32 Å². The molecule has 1 fully saturated rings. The Kier molecular flexibility index (Phi) is 6.87. The molecular formula is C24H33FN6O3S. The fourth-order valence-electron chi connectivity index (χ4n) is 4.71. The van der Waals surface area contributed by atoms with Crippen LogP contribution in [0.5, 0.6) is 0 Å². The zero-order valence-electron chi connectivity index (χ0n) is 20.9. The highest BCUT2D eigenvalue weighted by atomic mass is 32.2. The summed E-state index contributed by atoms with van der Waals surface area (Å²) in [6.07, 6.45) is 2.36. The van der Waals surface area contributed by atoms with Crippen molar-refractivity contribution in [3.63, 3.8) is 0 Å². The Bertz CT molecular complexity index is 1360. The molecule has 0 saturated carbocycles. The molecule has 1 saturated heterocycles. The maximum absolute atomic E-state index is 15.2. The van der Waals surface area contributed by atoms with Crippen molar-refractivity contribution in [1.82, 2.24) is 23.8 Å². The number of anilines is 1. The van der Waals surface area contributed by atoms with Gasteiger partial charge in [0.1, 0.15) is 11.3 Å². The van der Waals surface area contributed by atoms with Crippen LogP contribution in [0.2, 0.25) is 0 Å². The Balaban J connectivity index is 1.72. The Morgan fingerprint density at radius 3 is 2.51 bits per heavy atom. The minimum absolute atomic E-state index is 0.00779. The number of aliphatic hydroxyl groups excluding tert-OH is 1. The van der Waals surface area contributed by atoms with Gasteiger partial charge in [0.05, 0.1) is 29.6 Å². The van der Waals surface area contributed by atoms with Gasteiger partial charge in [0, 0.05) is 30.9 Å². The molecular weight excluding hydrogens is 471 g/mol. The van der Waals surface area contributed by atoms with E-state index in [1.807, 2.05) is 45.3 Å². The van der Waals surface area contributed by atoms with Gasteiger partial charge in [-0.15, -0.1) is 0 Å². The maximum Gasteiger partial charge on any atom is 0.223 e. The number of imidazole rings is 1. The van der Waals surface area contributed by atoms with Crippen LogP contribution in [0, 0.1) is 12.7 Å². The highest BCUT2D eigenvalue weighted by Gasteiger charge is 2.32. The molecule has 2 atom stereocenters. The third kappa shape index (κ3) is 5.03. The van der Waals surface area contributed by atoms with Crippen LogP contribution in [0.15, 0.2) is 18.3 Å². The average molecular weight is 505 g/mol. The molecule has 0 amide bonds. The molecule has 0 spiro atoms. The number of rotatable bonds is 6. The number of nitrogens with one attached hydrogen (secondary N) is 1. The topological polar surface area (TPSA) is 113 Å². The van der Waals surface area contributed by atoms with E-state index in [0.29, 0.717) is 41.2 Å². The second kappa shape index (κ2) is 9.44. The molecule has 35 heavy (non-hydrogen) atoms. The molecule has 1 aliphatic heterocycles. The number of nitrogens with zero attached hydrogens (tertiary/aromatic N) is 5. The Labute approximate surface area is 205 Å². The van der Waals surface area contributed by atoms with Crippen molar-refractivity contribution in [3.8, 4) is 11.3 Å². The number of benzene rings is 1. The normalized spacial score (nSPS) is 19.7. The van der Waals surface area contributed by atoms with Crippen LogP contribution in [-0.4, -0.2) is 68.8 Å². The molecule has 11 heteroatoms. The number of hydrogen-bond donors (Lipinski definition) is 2. The van der Waals surface area contributed by atoms with Crippen LogP contribution in [0.25, 0.3) is 22.3 Å². The summed E-state index contributed by atoms with van der Waals surface area (Å²) in [5.74, 6) is 0.731. The second-order valence-corrected chi connectivity index (χ2v) is 11.8. The van der Waals surface area contributed by atoms with Gasteiger partial charge in [0.15, 0.2) is 5.82 Å². The van der Waals surface area contributed by atoms with Crippen molar-refractivity contribution in [2.24, 2.45) is 0 Å². The summed E-state index contributed by atoms with van der Waals surface area (Å²) in [6.45, 7) is 10.3.